The molecule has 84 valence electrons. The predicted octanol–water partition coefficient (Wildman–Crippen LogP) is 0.418. The Morgan fingerprint density at radius 1 is 1.50 bits per heavy atom. The normalized spacial score (nSPS) is 19.6. The summed E-state index contributed by atoms with van der Waals surface area (Å²) in [6.45, 7) is 1.86. The summed E-state index contributed by atoms with van der Waals surface area (Å²) in [6, 6.07) is 10.4. The Hall–Kier alpha value is -1.53. The predicted molar refractivity (Wildman–Crippen MR) is 61.4 cm³/mol. The van der Waals surface area contributed by atoms with E-state index in [4.69, 9.17) is 10.00 Å². The number of quaternary nitrogens is 1. The van der Waals surface area contributed by atoms with Crippen molar-refractivity contribution in [3.05, 3.63) is 29.8 Å². The highest BCUT2D eigenvalue weighted by molar-refractivity contribution is 5.37. The quantitative estimate of drug-likeness (QED) is 0.793. The van der Waals surface area contributed by atoms with E-state index in [0.29, 0.717) is 6.42 Å². The van der Waals surface area contributed by atoms with Crippen molar-refractivity contribution in [1.82, 2.24) is 0 Å². The molecule has 0 aliphatic carbocycles. The van der Waals surface area contributed by atoms with Gasteiger partial charge < -0.3 is 9.64 Å². The summed E-state index contributed by atoms with van der Waals surface area (Å²) in [5, 5.41) is 8.52. The fourth-order valence-electron chi connectivity index (χ4n) is 2.13. The number of hydrogen-bond acceptors (Lipinski definition) is 2. The molecular weight excluding hydrogens is 200 g/mol. The lowest BCUT2D eigenvalue weighted by molar-refractivity contribution is -0.881. The van der Waals surface area contributed by atoms with Crippen LogP contribution >= 0.6 is 0 Å². The van der Waals surface area contributed by atoms with E-state index < -0.39 is 0 Å². The summed E-state index contributed by atoms with van der Waals surface area (Å²) >= 11 is 0. The molecule has 0 saturated heterocycles. The minimum Gasteiger partial charge on any atom is -0.484 e. The fourth-order valence-corrected chi connectivity index (χ4v) is 2.13. The van der Waals surface area contributed by atoms with Crippen molar-refractivity contribution < 1.29 is 9.64 Å². The van der Waals surface area contributed by atoms with Gasteiger partial charge in [0.15, 0.2) is 6.10 Å². The average molecular weight is 217 g/mol. The highest BCUT2D eigenvalue weighted by Crippen LogP contribution is 2.27. The van der Waals surface area contributed by atoms with Gasteiger partial charge in [0.05, 0.1) is 26.1 Å². The van der Waals surface area contributed by atoms with Crippen LogP contribution < -0.4 is 9.64 Å². The van der Waals surface area contributed by atoms with Gasteiger partial charge >= 0.3 is 0 Å². The molecule has 0 bridgehead atoms. The van der Waals surface area contributed by atoms with Gasteiger partial charge in [0.25, 0.3) is 0 Å². The van der Waals surface area contributed by atoms with Gasteiger partial charge in [-0.15, -0.1) is 0 Å². The van der Waals surface area contributed by atoms with Crippen LogP contribution in [-0.2, 0) is 6.42 Å². The molecule has 0 fully saturated rings. The Balaban J connectivity index is 1.85. The zero-order valence-electron chi connectivity index (χ0n) is 9.57. The summed E-state index contributed by atoms with van der Waals surface area (Å²) in [5.41, 5.74) is 1.31. The maximum absolute atomic E-state index is 8.52. The van der Waals surface area contributed by atoms with E-state index in [0.717, 1.165) is 25.3 Å². The standard InChI is InChI=1S/C13H16N2O/c1-15(8-4-7-14)10-12-9-11-5-2-3-6-13(11)16-12/h2-3,5-6,12H,4,8-10H2,1H3/p+1/t12-/m1/s1. The van der Waals surface area contributed by atoms with Crippen molar-refractivity contribution in [2.75, 3.05) is 20.1 Å². The number of benzene rings is 1. The first-order chi connectivity index (χ1) is 7.79. The Bertz CT molecular complexity index is 372. The molecule has 2 rings (SSSR count). The number of nitrogens with zero attached hydrogens (tertiary/aromatic N) is 1. The zero-order valence-corrected chi connectivity index (χ0v) is 9.57. The molecule has 1 unspecified atom stereocenters. The van der Waals surface area contributed by atoms with Gasteiger partial charge in [0.2, 0.25) is 0 Å². The summed E-state index contributed by atoms with van der Waals surface area (Å²) in [5.74, 6) is 1.03. The number of para-hydroxylation sites is 1. The third kappa shape index (κ3) is 2.53. The minimum atomic E-state index is 0.274. The van der Waals surface area contributed by atoms with Crippen molar-refractivity contribution >= 4 is 0 Å². The molecule has 2 atom stereocenters. The molecule has 1 aromatic carbocycles. The molecule has 0 amide bonds. The van der Waals surface area contributed by atoms with E-state index in [1.807, 2.05) is 12.1 Å². The number of nitriles is 1. The van der Waals surface area contributed by atoms with Crippen molar-refractivity contribution in [2.45, 2.75) is 18.9 Å². The summed E-state index contributed by atoms with van der Waals surface area (Å²) < 4.78 is 5.85. The number of likely N-dealkylation sites (N-methyl/N-ethyl adjacent to an activating group) is 1. The van der Waals surface area contributed by atoms with Crippen LogP contribution in [0.3, 0.4) is 0 Å². The maximum Gasteiger partial charge on any atom is 0.151 e. The lowest BCUT2D eigenvalue weighted by Gasteiger charge is -2.16. The molecule has 1 N–H and O–H groups in total. The summed E-state index contributed by atoms with van der Waals surface area (Å²) in [6.07, 6.45) is 1.89. The highest BCUT2D eigenvalue weighted by Gasteiger charge is 2.24. The van der Waals surface area contributed by atoms with Crippen molar-refractivity contribution in [3.8, 4) is 11.8 Å². The first kappa shape index (κ1) is 11.0. The van der Waals surface area contributed by atoms with Gasteiger partial charge in [-0.25, -0.2) is 0 Å². The molecule has 1 heterocycles. The molecule has 0 aromatic heterocycles. The lowest BCUT2D eigenvalue weighted by Crippen LogP contribution is -3.10. The van der Waals surface area contributed by atoms with Crippen molar-refractivity contribution in [2.24, 2.45) is 0 Å². The molecule has 3 nitrogen and oxygen atoms in total. The van der Waals surface area contributed by atoms with Gasteiger partial charge in [-0.05, 0) is 11.6 Å². The molecule has 0 saturated carbocycles. The summed E-state index contributed by atoms with van der Waals surface area (Å²) in [7, 11) is 2.11. The maximum atomic E-state index is 8.52. The van der Waals surface area contributed by atoms with Crippen molar-refractivity contribution in [3.63, 3.8) is 0 Å². The summed E-state index contributed by atoms with van der Waals surface area (Å²) in [4.78, 5) is 1.36. The van der Waals surface area contributed by atoms with Crippen LogP contribution in [0.1, 0.15) is 12.0 Å². The smallest absolute Gasteiger partial charge is 0.151 e. The van der Waals surface area contributed by atoms with E-state index in [2.05, 4.69) is 25.2 Å². The molecule has 1 aromatic rings. The van der Waals surface area contributed by atoms with Crippen LogP contribution in [-0.4, -0.2) is 26.2 Å². The Morgan fingerprint density at radius 2 is 2.31 bits per heavy atom. The molecular formula is C13H17N2O+. The third-order valence-corrected chi connectivity index (χ3v) is 2.95. The van der Waals surface area contributed by atoms with Crippen LogP contribution in [0.4, 0.5) is 0 Å². The van der Waals surface area contributed by atoms with Gasteiger partial charge in [-0.3, -0.25) is 0 Å². The van der Waals surface area contributed by atoms with Gasteiger partial charge in [-0.1, -0.05) is 18.2 Å². The van der Waals surface area contributed by atoms with E-state index in [-0.39, 0.29) is 6.10 Å². The van der Waals surface area contributed by atoms with Crippen LogP contribution in [0.25, 0.3) is 0 Å². The van der Waals surface area contributed by atoms with E-state index in [9.17, 15) is 0 Å². The molecule has 3 heteroatoms. The second-order valence-corrected chi connectivity index (χ2v) is 4.37. The third-order valence-electron chi connectivity index (χ3n) is 2.95. The van der Waals surface area contributed by atoms with Crippen LogP contribution in [0.5, 0.6) is 5.75 Å². The highest BCUT2D eigenvalue weighted by atomic mass is 16.5. The second-order valence-electron chi connectivity index (χ2n) is 4.37. The molecule has 1 aliphatic heterocycles. The van der Waals surface area contributed by atoms with Crippen molar-refractivity contribution in [1.29, 1.82) is 5.26 Å². The van der Waals surface area contributed by atoms with Crippen LogP contribution in [0.2, 0.25) is 0 Å². The molecule has 16 heavy (non-hydrogen) atoms. The largest absolute Gasteiger partial charge is 0.484 e. The second kappa shape index (κ2) is 5.00. The molecule has 1 aliphatic rings. The minimum absolute atomic E-state index is 0.274. The number of nitrogens with one attached hydrogen (secondary N) is 1. The van der Waals surface area contributed by atoms with E-state index in [1.54, 1.807) is 0 Å². The average Bonchev–Trinajstić information content (AvgIpc) is 2.68. The number of fused-ring (bicyclic) bond motifs is 1. The monoisotopic (exact) mass is 217 g/mol. The Labute approximate surface area is 96.2 Å². The number of hydrogen-bond donors (Lipinski definition) is 1. The topological polar surface area (TPSA) is 37.5 Å². The zero-order chi connectivity index (χ0) is 11.4. The first-order valence-corrected chi connectivity index (χ1v) is 5.72. The van der Waals surface area contributed by atoms with Crippen LogP contribution in [0.15, 0.2) is 24.3 Å². The number of ether oxygens (including phenoxy) is 1. The van der Waals surface area contributed by atoms with E-state index in [1.165, 1.54) is 10.5 Å². The van der Waals surface area contributed by atoms with Gasteiger partial charge in [0, 0.05) is 6.42 Å². The fraction of sp³-hybridized carbons (Fsp3) is 0.462. The first-order valence-electron chi connectivity index (χ1n) is 5.72. The molecule has 0 spiro atoms. The number of rotatable bonds is 4. The van der Waals surface area contributed by atoms with Gasteiger partial charge in [0.1, 0.15) is 12.3 Å². The Kier molecular flexibility index (Phi) is 3.43. The van der Waals surface area contributed by atoms with Gasteiger partial charge in [-0.2, -0.15) is 5.26 Å². The molecule has 0 radical (unpaired) electrons. The van der Waals surface area contributed by atoms with E-state index >= 15 is 0 Å². The SMILES string of the molecule is C[NH+](CCC#N)C[C@H]1Cc2ccccc2O1. The lowest BCUT2D eigenvalue weighted by atomic mass is 10.1. The Morgan fingerprint density at radius 3 is 3.06 bits per heavy atom. The van der Waals surface area contributed by atoms with Crippen LogP contribution in [0, 0.1) is 11.3 Å².